The molecule has 0 aliphatic carbocycles. The van der Waals surface area contributed by atoms with E-state index in [-0.39, 0.29) is 17.2 Å². The Bertz CT molecular complexity index is 859. The van der Waals surface area contributed by atoms with Gasteiger partial charge in [-0.1, -0.05) is 24.3 Å². The molecule has 3 aromatic rings. The van der Waals surface area contributed by atoms with Crippen molar-refractivity contribution < 1.29 is 4.79 Å². The molecular weight excluding hydrogens is 306 g/mol. The van der Waals surface area contributed by atoms with Crippen molar-refractivity contribution in [3.63, 3.8) is 0 Å². The second-order valence-corrected chi connectivity index (χ2v) is 6.92. The highest BCUT2D eigenvalue weighted by Gasteiger charge is 2.32. The van der Waals surface area contributed by atoms with Gasteiger partial charge in [0.15, 0.2) is 5.78 Å². The zero-order valence-electron chi connectivity index (χ0n) is 12.7. The number of fused-ring (bicyclic) bond motifs is 1. The number of nitrogens with one attached hydrogen (secondary N) is 2. The summed E-state index contributed by atoms with van der Waals surface area (Å²) in [6, 6.07) is 9.86. The number of hydrogen-bond acceptors (Lipinski definition) is 4. The van der Waals surface area contributed by atoms with Gasteiger partial charge in [-0.05, 0) is 24.1 Å². The van der Waals surface area contributed by atoms with E-state index in [4.69, 9.17) is 0 Å². The van der Waals surface area contributed by atoms with Gasteiger partial charge in [-0.3, -0.25) is 15.1 Å². The minimum atomic E-state index is -0.162. The third-order valence-electron chi connectivity index (χ3n) is 4.28. The molecule has 4 rings (SSSR count). The summed E-state index contributed by atoms with van der Waals surface area (Å²) in [7, 11) is 0. The van der Waals surface area contributed by atoms with Crippen LogP contribution in [0.3, 0.4) is 0 Å². The van der Waals surface area contributed by atoms with Crippen LogP contribution in [0.1, 0.15) is 26.9 Å². The highest BCUT2D eigenvalue weighted by atomic mass is 32.2. The largest absolute Gasteiger partial charge is 0.360 e. The number of carbonyl (C=O) groups excluding carboxylic acids is 1. The van der Waals surface area contributed by atoms with Crippen molar-refractivity contribution in [3.8, 4) is 0 Å². The molecule has 0 saturated carbocycles. The fourth-order valence-electron chi connectivity index (χ4n) is 3.04. The highest BCUT2D eigenvalue weighted by molar-refractivity contribution is 7.99. The number of para-hydroxylation sites is 1. The summed E-state index contributed by atoms with van der Waals surface area (Å²) >= 11 is 1.76. The first kappa shape index (κ1) is 14.5. The quantitative estimate of drug-likeness (QED) is 0.725. The molecule has 2 atom stereocenters. The van der Waals surface area contributed by atoms with Gasteiger partial charge < -0.3 is 4.98 Å². The third kappa shape index (κ3) is 2.56. The zero-order chi connectivity index (χ0) is 15.8. The fourth-order valence-corrected chi connectivity index (χ4v) is 4.27. The normalized spacial score (nSPS) is 20.9. The van der Waals surface area contributed by atoms with Crippen LogP contribution in [0.2, 0.25) is 0 Å². The molecule has 0 radical (unpaired) electrons. The molecule has 2 N–H and O–H groups in total. The van der Waals surface area contributed by atoms with Crippen LogP contribution in [0.5, 0.6) is 0 Å². The van der Waals surface area contributed by atoms with E-state index in [0.29, 0.717) is 0 Å². The van der Waals surface area contributed by atoms with Crippen molar-refractivity contribution >= 4 is 28.4 Å². The molecule has 5 heteroatoms. The SMILES string of the molecule is Cc1cccc2c(C(=O)[C@@H]3CS[C@@H](c4cccnc4)N3)c[nH]c12. The Kier molecular flexibility index (Phi) is 3.67. The van der Waals surface area contributed by atoms with Crippen LogP contribution in [0.4, 0.5) is 0 Å². The summed E-state index contributed by atoms with van der Waals surface area (Å²) in [6.45, 7) is 2.05. The maximum Gasteiger partial charge on any atom is 0.182 e. The van der Waals surface area contributed by atoms with Crippen LogP contribution < -0.4 is 5.32 Å². The van der Waals surface area contributed by atoms with Crippen molar-refractivity contribution in [2.24, 2.45) is 0 Å². The molecule has 3 heterocycles. The number of aromatic nitrogens is 2. The Morgan fingerprint density at radius 2 is 2.22 bits per heavy atom. The maximum atomic E-state index is 12.9. The minimum absolute atomic E-state index is 0.129. The first-order valence-corrected chi connectivity index (χ1v) is 8.67. The van der Waals surface area contributed by atoms with E-state index in [9.17, 15) is 4.79 Å². The second kappa shape index (κ2) is 5.83. The van der Waals surface area contributed by atoms with Crippen molar-refractivity contribution in [2.45, 2.75) is 18.3 Å². The Morgan fingerprint density at radius 1 is 1.30 bits per heavy atom. The monoisotopic (exact) mass is 323 g/mol. The van der Waals surface area contributed by atoms with E-state index >= 15 is 0 Å². The molecule has 2 aromatic heterocycles. The van der Waals surface area contributed by atoms with Crippen molar-refractivity contribution in [1.82, 2.24) is 15.3 Å². The lowest BCUT2D eigenvalue weighted by atomic mass is 10.0. The summed E-state index contributed by atoms with van der Waals surface area (Å²) in [5.41, 5.74) is 4.09. The number of rotatable bonds is 3. The van der Waals surface area contributed by atoms with Gasteiger partial charge in [0.05, 0.1) is 11.4 Å². The van der Waals surface area contributed by atoms with Gasteiger partial charge in [-0.2, -0.15) is 0 Å². The lowest BCUT2D eigenvalue weighted by Gasteiger charge is -2.12. The molecule has 1 saturated heterocycles. The molecule has 0 bridgehead atoms. The number of benzene rings is 1. The average Bonchev–Trinajstić information content (AvgIpc) is 3.23. The first-order chi connectivity index (χ1) is 11.2. The van der Waals surface area contributed by atoms with Crippen LogP contribution in [-0.4, -0.2) is 27.5 Å². The molecular formula is C18H17N3OS. The average molecular weight is 323 g/mol. The number of carbonyl (C=O) groups is 1. The van der Waals surface area contributed by atoms with Crippen LogP contribution in [0.25, 0.3) is 10.9 Å². The number of pyridine rings is 1. The summed E-state index contributed by atoms with van der Waals surface area (Å²) in [5, 5.41) is 4.57. The number of thioether (sulfide) groups is 1. The van der Waals surface area contributed by atoms with E-state index in [0.717, 1.165) is 33.3 Å². The fraction of sp³-hybridized carbons (Fsp3) is 0.222. The lowest BCUT2D eigenvalue weighted by Crippen LogP contribution is -2.34. The highest BCUT2D eigenvalue weighted by Crippen LogP contribution is 2.34. The summed E-state index contributed by atoms with van der Waals surface area (Å²) < 4.78 is 0. The van der Waals surface area contributed by atoms with Crippen molar-refractivity contribution in [1.29, 1.82) is 0 Å². The number of ketones is 1. The van der Waals surface area contributed by atoms with E-state index in [2.05, 4.69) is 28.3 Å². The Morgan fingerprint density at radius 3 is 3.04 bits per heavy atom. The number of nitrogens with zero attached hydrogens (tertiary/aromatic N) is 1. The number of H-pyrrole nitrogens is 1. The van der Waals surface area contributed by atoms with Crippen LogP contribution in [0.15, 0.2) is 48.9 Å². The van der Waals surface area contributed by atoms with Gasteiger partial charge in [0, 0.05) is 40.8 Å². The van der Waals surface area contributed by atoms with E-state index < -0.39 is 0 Å². The van der Waals surface area contributed by atoms with E-state index in [1.54, 1.807) is 18.0 Å². The molecule has 23 heavy (non-hydrogen) atoms. The number of aromatic amines is 1. The van der Waals surface area contributed by atoms with Gasteiger partial charge in [-0.15, -0.1) is 11.8 Å². The molecule has 1 fully saturated rings. The molecule has 4 nitrogen and oxygen atoms in total. The molecule has 0 spiro atoms. The van der Waals surface area contributed by atoms with Crippen LogP contribution in [0, 0.1) is 6.92 Å². The third-order valence-corrected chi connectivity index (χ3v) is 5.54. The summed E-state index contributed by atoms with van der Waals surface area (Å²) in [6.07, 6.45) is 5.45. The van der Waals surface area contributed by atoms with Crippen LogP contribution >= 0.6 is 11.8 Å². The van der Waals surface area contributed by atoms with Crippen molar-refractivity contribution in [3.05, 3.63) is 65.6 Å². The summed E-state index contributed by atoms with van der Waals surface area (Å²) in [4.78, 5) is 20.3. The Hall–Kier alpha value is -2.11. The lowest BCUT2D eigenvalue weighted by molar-refractivity contribution is 0.0957. The zero-order valence-corrected chi connectivity index (χ0v) is 13.6. The van der Waals surface area contributed by atoms with Gasteiger partial charge in [-0.25, -0.2) is 0 Å². The number of Topliss-reactive ketones (excluding diaryl/α,β-unsaturated/α-hetero) is 1. The van der Waals surface area contributed by atoms with E-state index in [1.165, 1.54) is 0 Å². The first-order valence-electron chi connectivity index (χ1n) is 7.62. The molecule has 1 aromatic carbocycles. The number of hydrogen-bond donors (Lipinski definition) is 2. The van der Waals surface area contributed by atoms with Crippen LogP contribution in [-0.2, 0) is 0 Å². The van der Waals surface area contributed by atoms with Crippen molar-refractivity contribution in [2.75, 3.05) is 5.75 Å². The van der Waals surface area contributed by atoms with Gasteiger partial charge in [0.25, 0.3) is 0 Å². The molecule has 0 amide bonds. The minimum Gasteiger partial charge on any atom is -0.360 e. The van der Waals surface area contributed by atoms with Gasteiger partial charge >= 0.3 is 0 Å². The standard InChI is InChI=1S/C18H17N3OS/c1-11-4-2-6-13-14(9-20-16(11)13)17(22)15-10-23-18(21-15)12-5-3-7-19-8-12/h2-9,15,18,20-21H,10H2,1H3/t15-,18-/m0/s1. The topological polar surface area (TPSA) is 57.8 Å². The molecule has 1 aliphatic heterocycles. The number of aryl methyl sites for hydroxylation is 1. The van der Waals surface area contributed by atoms with Gasteiger partial charge in [0.1, 0.15) is 0 Å². The van der Waals surface area contributed by atoms with Gasteiger partial charge in [0.2, 0.25) is 0 Å². The smallest absolute Gasteiger partial charge is 0.182 e. The predicted octanol–water partition coefficient (Wildman–Crippen LogP) is 3.46. The molecule has 116 valence electrons. The summed E-state index contributed by atoms with van der Waals surface area (Å²) in [5.74, 6) is 0.928. The molecule has 0 unspecified atom stereocenters. The second-order valence-electron chi connectivity index (χ2n) is 5.78. The Labute approximate surface area is 138 Å². The Balaban J connectivity index is 1.59. The molecule has 1 aliphatic rings. The van der Waals surface area contributed by atoms with E-state index in [1.807, 2.05) is 36.7 Å². The predicted molar refractivity (Wildman–Crippen MR) is 93.7 cm³/mol. The maximum absolute atomic E-state index is 12.9.